The number of piperazine rings is 1. The van der Waals surface area contributed by atoms with Gasteiger partial charge in [-0.25, -0.2) is 4.99 Å². The molecule has 1 aliphatic carbocycles. The normalized spacial score (nSPS) is 19.5. The molecule has 0 spiro atoms. The Kier molecular flexibility index (Phi) is 6.43. The first-order valence-electron chi connectivity index (χ1n) is 13.5. The Labute approximate surface area is 218 Å². The lowest BCUT2D eigenvalue weighted by Gasteiger charge is -2.34. The van der Waals surface area contributed by atoms with Gasteiger partial charge >= 0.3 is 0 Å². The van der Waals surface area contributed by atoms with Crippen LogP contribution in [0.4, 0.5) is 11.4 Å². The summed E-state index contributed by atoms with van der Waals surface area (Å²) in [7, 11) is 2.18. The van der Waals surface area contributed by atoms with E-state index in [0.29, 0.717) is 0 Å². The number of hydrogen-bond donors (Lipinski definition) is 1. The summed E-state index contributed by atoms with van der Waals surface area (Å²) in [4.78, 5) is 23.3. The fraction of sp³-hybridized carbons (Fsp3) is 0.355. The number of nitrogens with zero attached hydrogens (tertiary/aromatic N) is 4. The molecule has 2 aliphatic heterocycles. The summed E-state index contributed by atoms with van der Waals surface area (Å²) >= 11 is 0. The summed E-state index contributed by atoms with van der Waals surface area (Å²) in [6.07, 6.45) is 5.84. The maximum atomic E-state index is 13.3. The van der Waals surface area contributed by atoms with E-state index in [1.54, 1.807) is 6.07 Å². The molecule has 3 aromatic rings. The molecule has 37 heavy (non-hydrogen) atoms. The molecule has 1 atom stereocenters. The molecule has 190 valence electrons. The topological polar surface area (TPSA) is 52.9 Å². The first-order valence-corrected chi connectivity index (χ1v) is 13.5. The van der Waals surface area contributed by atoms with Gasteiger partial charge in [0, 0.05) is 48.8 Å². The lowest BCUT2D eigenvalue weighted by atomic mass is 10.1. The fourth-order valence-electron chi connectivity index (χ4n) is 5.84. The van der Waals surface area contributed by atoms with Crippen molar-refractivity contribution in [1.82, 2.24) is 9.47 Å². The molecule has 1 fully saturated rings. The fourth-order valence-corrected chi connectivity index (χ4v) is 5.84. The Balaban J connectivity index is 1.36. The highest BCUT2D eigenvalue weighted by molar-refractivity contribution is 5.58. The van der Waals surface area contributed by atoms with Crippen LogP contribution < -0.4 is 26.5 Å². The highest BCUT2D eigenvalue weighted by Crippen LogP contribution is 2.32. The first-order chi connectivity index (χ1) is 18.1. The van der Waals surface area contributed by atoms with Gasteiger partial charge in [0.05, 0.1) is 6.04 Å². The summed E-state index contributed by atoms with van der Waals surface area (Å²) in [6, 6.07) is 20.8. The van der Waals surface area contributed by atoms with Crippen molar-refractivity contribution >= 4 is 17.5 Å². The van der Waals surface area contributed by atoms with Crippen molar-refractivity contribution in [2.45, 2.75) is 38.6 Å². The number of nitrogens with one attached hydrogen (secondary N) is 1. The zero-order valence-corrected chi connectivity index (χ0v) is 21.8. The molecule has 1 saturated heterocycles. The van der Waals surface area contributed by atoms with Gasteiger partial charge in [-0.3, -0.25) is 9.36 Å². The minimum Gasteiger partial charge on any atom is -0.369 e. The van der Waals surface area contributed by atoms with Crippen LogP contribution in [0.15, 0.2) is 81.8 Å². The van der Waals surface area contributed by atoms with Crippen molar-refractivity contribution in [3.8, 4) is 0 Å². The molecule has 6 rings (SSSR count). The van der Waals surface area contributed by atoms with Crippen molar-refractivity contribution in [2.24, 2.45) is 4.99 Å². The monoisotopic (exact) mass is 493 g/mol. The van der Waals surface area contributed by atoms with E-state index in [9.17, 15) is 4.79 Å². The molecule has 0 saturated carbocycles. The van der Waals surface area contributed by atoms with Gasteiger partial charge in [-0.2, -0.15) is 0 Å². The standard InChI is InChI=1S/C31H35N5O/c1-3-22-8-9-24-11-17-29(37)36(28-16-10-23-6-4-5-7-27(23)28)31(24)33-30(22)32-25-12-14-26(15-13-25)35-20-18-34(2)19-21-35/h4-7,9,11-15,17,28,32H,3,8,10,16,18-21H2,1-2H3. The number of allylic oxidation sites excluding steroid dienone is 1. The number of hydrogen-bond acceptors (Lipinski definition) is 5. The lowest BCUT2D eigenvalue weighted by molar-refractivity contribution is 0.313. The van der Waals surface area contributed by atoms with Crippen molar-refractivity contribution in [3.63, 3.8) is 0 Å². The minimum absolute atomic E-state index is 0.00781. The van der Waals surface area contributed by atoms with Gasteiger partial charge in [-0.05, 0) is 79.8 Å². The van der Waals surface area contributed by atoms with E-state index >= 15 is 0 Å². The van der Waals surface area contributed by atoms with Crippen molar-refractivity contribution in [2.75, 3.05) is 43.4 Å². The Bertz CT molecular complexity index is 1510. The van der Waals surface area contributed by atoms with Crippen LogP contribution in [0, 0.1) is 0 Å². The Morgan fingerprint density at radius 1 is 0.973 bits per heavy atom. The molecular weight excluding hydrogens is 458 g/mol. The van der Waals surface area contributed by atoms with Crippen LogP contribution >= 0.6 is 0 Å². The van der Waals surface area contributed by atoms with E-state index in [-0.39, 0.29) is 11.6 Å². The molecule has 0 radical (unpaired) electrons. The maximum absolute atomic E-state index is 13.3. The predicted octanol–water partition coefficient (Wildman–Crippen LogP) is 3.67. The molecule has 3 heterocycles. The zero-order chi connectivity index (χ0) is 25.4. The van der Waals surface area contributed by atoms with Crippen LogP contribution in [-0.4, -0.2) is 42.7 Å². The second-order valence-electron chi connectivity index (χ2n) is 10.4. The second-order valence-corrected chi connectivity index (χ2v) is 10.4. The molecule has 0 amide bonds. The molecule has 6 heteroatoms. The molecule has 1 aromatic heterocycles. The van der Waals surface area contributed by atoms with Crippen LogP contribution in [0.5, 0.6) is 0 Å². The van der Waals surface area contributed by atoms with Gasteiger partial charge in [-0.1, -0.05) is 37.3 Å². The van der Waals surface area contributed by atoms with Crippen LogP contribution in [0.3, 0.4) is 0 Å². The summed E-state index contributed by atoms with van der Waals surface area (Å²) in [5.41, 5.74) is 6.85. The number of anilines is 2. The SMILES string of the molecule is CCC1=C(Nc2ccc(N3CCN(C)CC3)cc2)N=c2c(ccc(=O)n2C2CCc3ccccc32)=CC1. The minimum atomic E-state index is 0.00781. The molecule has 6 nitrogen and oxygen atoms in total. The predicted molar refractivity (Wildman–Crippen MR) is 151 cm³/mol. The quantitative estimate of drug-likeness (QED) is 0.589. The molecule has 3 aliphatic rings. The van der Waals surface area contributed by atoms with Crippen molar-refractivity contribution < 1.29 is 0 Å². The number of aryl methyl sites for hydroxylation is 1. The average Bonchev–Trinajstić information content (AvgIpc) is 3.26. The van der Waals surface area contributed by atoms with Crippen LogP contribution in [0.25, 0.3) is 6.08 Å². The summed E-state index contributed by atoms with van der Waals surface area (Å²) in [5, 5.41) is 4.63. The molecule has 2 aromatic carbocycles. The Morgan fingerprint density at radius 3 is 2.54 bits per heavy atom. The number of fused-ring (bicyclic) bond motifs is 2. The third kappa shape index (κ3) is 4.62. The smallest absolute Gasteiger partial charge is 0.252 e. The molecule has 1 N–H and O–H groups in total. The van der Waals surface area contributed by atoms with Crippen molar-refractivity contribution in [3.05, 3.63) is 104 Å². The number of rotatable bonds is 5. The van der Waals surface area contributed by atoms with E-state index in [2.05, 4.69) is 83.7 Å². The van der Waals surface area contributed by atoms with Gasteiger partial charge in [0.1, 0.15) is 11.3 Å². The van der Waals surface area contributed by atoms with E-state index in [4.69, 9.17) is 4.99 Å². The second kappa shape index (κ2) is 10.0. The summed E-state index contributed by atoms with van der Waals surface area (Å²) in [5.74, 6) is 0.857. The highest BCUT2D eigenvalue weighted by Gasteiger charge is 2.26. The largest absolute Gasteiger partial charge is 0.369 e. The lowest BCUT2D eigenvalue weighted by Crippen LogP contribution is -2.44. The van der Waals surface area contributed by atoms with Gasteiger partial charge < -0.3 is 15.1 Å². The van der Waals surface area contributed by atoms with Gasteiger partial charge in [0.25, 0.3) is 5.56 Å². The number of benzene rings is 2. The summed E-state index contributed by atoms with van der Waals surface area (Å²) in [6.45, 7) is 6.47. The van der Waals surface area contributed by atoms with Crippen LogP contribution in [-0.2, 0) is 6.42 Å². The van der Waals surface area contributed by atoms with Crippen molar-refractivity contribution in [1.29, 1.82) is 0 Å². The Hall–Kier alpha value is -3.64. The van der Waals surface area contributed by atoms with E-state index in [1.165, 1.54) is 22.4 Å². The van der Waals surface area contributed by atoms with E-state index < -0.39 is 0 Å². The highest BCUT2D eigenvalue weighted by atomic mass is 16.1. The third-order valence-electron chi connectivity index (χ3n) is 8.09. The molecule has 0 bridgehead atoms. The third-order valence-corrected chi connectivity index (χ3v) is 8.09. The number of pyridine rings is 1. The number of aromatic nitrogens is 1. The average molecular weight is 494 g/mol. The van der Waals surface area contributed by atoms with Gasteiger partial charge in [-0.15, -0.1) is 0 Å². The van der Waals surface area contributed by atoms with Crippen LogP contribution in [0.2, 0.25) is 0 Å². The van der Waals surface area contributed by atoms with Gasteiger partial charge in [0.15, 0.2) is 0 Å². The maximum Gasteiger partial charge on any atom is 0.252 e. The molecule has 1 unspecified atom stereocenters. The number of likely N-dealkylation sites (N-methyl/N-ethyl adjacent to an activating group) is 1. The van der Waals surface area contributed by atoms with E-state index in [1.807, 2.05) is 10.6 Å². The molecular formula is C31H35N5O. The van der Waals surface area contributed by atoms with Crippen LogP contribution in [0.1, 0.15) is 43.4 Å². The Morgan fingerprint density at radius 2 is 1.76 bits per heavy atom. The van der Waals surface area contributed by atoms with Gasteiger partial charge in [0.2, 0.25) is 0 Å². The first kappa shape index (κ1) is 23.7. The zero-order valence-electron chi connectivity index (χ0n) is 21.8. The summed E-state index contributed by atoms with van der Waals surface area (Å²) < 4.78 is 1.93. The van der Waals surface area contributed by atoms with E-state index in [0.717, 1.165) is 74.1 Å².